The van der Waals surface area contributed by atoms with Crippen LogP contribution in [0.5, 0.6) is 0 Å². The molecule has 126 valence electrons. The lowest BCUT2D eigenvalue weighted by Gasteiger charge is -2.40. The third-order valence-electron chi connectivity index (χ3n) is 4.58. The predicted octanol–water partition coefficient (Wildman–Crippen LogP) is 5.24. The minimum Gasteiger partial charge on any atom is -0.362 e. The SMILES string of the molecule is CCCCCCCCC(C(C)(C)C)C(O)(O)c1ccccc1. The smallest absolute Gasteiger partial charge is 0.193 e. The Morgan fingerprint density at radius 1 is 0.864 bits per heavy atom. The van der Waals surface area contributed by atoms with Crippen molar-refractivity contribution in [2.75, 3.05) is 0 Å². The van der Waals surface area contributed by atoms with Gasteiger partial charge in [0.05, 0.1) is 0 Å². The largest absolute Gasteiger partial charge is 0.362 e. The van der Waals surface area contributed by atoms with Gasteiger partial charge in [-0.25, -0.2) is 0 Å². The lowest BCUT2D eigenvalue weighted by molar-refractivity contribution is -0.234. The second-order valence-corrected chi connectivity index (χ2v) is 7.57. The van der Waals surface area contributed by atoms with Crippen molar-refractivity contribution in [2.24, 2.45) is 11.3 Å². The molecule has 0 spiro atoms. The maximum absolute atomic E-state index is 10.8. The molecule has 1 rings (SSSR count). The fourth-order valence-corrected chi connectivity index (χ4v) is 3.25. The molecular formula is C20H34O2. The Labute approximate surface area is 136 Å². The monoisotopic (exact) mass is 306 g/mol. The van der Waals surface area contributed by atoms with Gasteiger partial charge in [-0.05, 0) is 11.8 Å². The Morgan fingerprint density at radius 3 is 1.95 bits per heavy atom. The third kappa shape index (κ3) is 5.73. The number of hydrogen-bond acceptors (Lipinski definition) is 2. The summed E-state index contributed by atoms with van der Waals surface area (Å²) in [7, 11) is 0. The molecule has 1 atom stereocenters. The van der Waals surface area contributed by atoms with Crippen LogP contribution in [0.2, 0.25) is 0 Å². The third-order valence-corrected chi connectivity index (χ3v) is 4.58. The zero-order valence-electron chi connectivity index (χ0n) is 14.8. The molecule has 0 radical (unpaired) electrons. The summed E-state index contributed by atoms with van der Waals surface area (Å²) in [5.74, 6) is -1.93. The van der Waals surface area contributed by atoms with E-state index in [9.17, 15) is 10.2 Å². The van der Waals surface area contributed by atoms with Crippen molar-refractivity contribution < 1.29 is 10.2 Å². The van der Waals surface area contributed by atoms with E-state index in [0.717, 1.165) is 12.8 Å². The molecule has 0 heterocycles. The molecular weight excluding hydrogens is 272 g/mol. The molecule has 0 aliphatic rings. The summed E-state index contributed by atoms with van der Waals surface area (Å²) in [6, 6.07) is 9.24. The zero-order valence-corrected chi connectivity index (χ0v) is 14.8. The number of aliphatic hydroxyl groups is 2. The average Bonchev–Trinajstić information content (AvgIpc) is 2.45. The quantitative estimate of drug-likeness (QED) is 0.484. The van der Waals surface area contributed by atoms with Crippen LogP contribution in [0.1, 0.15) is 78.2 Å². The van der Waals surface area contributed by atoms with Gasteiger partial charge in [0.25, 0.3) is 0 Å². The van der Waals surface area contributed by atoms with Crippen LogP contribution in [0.25, 0.3) is 0 Å². The lowest BCUT2D eigenvalue weighted by atomic mass is 9.71. The summed E-state index contributed by atoms with van der Waals surface area (Å²) >= 11 is 0. The molecule has 1 aromatic rings. The first-order valence-electron chi connectivity index (χ1n) is 8.80. The van der Waals surface area contributed by atoms with Gasteiger partial charge >= 0.3 is 0 Å². The predicted molar refractivity (Wildman–Crippen MR) is 93.5 cm³/mol. The molecule has 0 aliphatic heterocycles. The molecule has 0 aromatic heterocycles. The van der Waals surface area contributed by atoms with Crippen LogP contribution < -0.4 is 0 Å². The molecule has 2 heteroatoms. The van der Waals surface area contributed by atoms with Crippen molar-refractivity contribution in [1.29, 1.82) is 0 Å². The van der Waals surface area contributed by atoms with Crippen LogP contribution in [-0.2, 0) is 5.79 Å². The van der Waals surface area contributed by atoms with Crippen molar-refractivity contribution in [3.8, 4) is 0 Å². The van der Waals surface area contributed by atoms with Crippen molar-refractivity contribution in [3.63, 3.8) is 0 Å². The molecule has 0 saturated heterocycles. The van der Waals surface area contributed by atoms with E-state index in [1.54, 1.807) is 12.1 Å². The fraction of sp³-hybridized carbons (Fsp3) is 0.700. The summed E-state index contributed by atoms with van der Waals surface area (Å²) in [4.78, 5) is 0. The normalized spacial score (nSPS) is 14.1. The van der Waals surface area contributed by atoms with Gasteiger partial charge in [0, 0.05) is 11.5 Å². The van der Waals surface area contributed by atoms with Gasteiger partial charge in [-0.1, -0.05) is 96.6 Å². The van der Waals surface area contributed by atoms with Gasteiger partial charge in [-0.2, -0.15) is 0 Å². The Balaban J connectivity index is 2.69. The first-order chi connectivity index (χ1) is 10.3. The standard InChI is InChI=1S/C20H34O2/c1-5-6-7-8-9-13-16-18(19(2,3)4)20(21,22)17-14-11-10-12-15-17/h10-12,14-15,18,21-22H,5-9,13,16H2,1-4H3. The van der Waals surface area contributed by atoms with E-state index < -0.39 is 5.79 Å². The van der Waals surface area contributed by atoms with E-state index in [0.29, 0.717) is 5.56 Å². The van der Waals surface area contributed by atoms with Crippen molar-refractivity contribution in [2.45, 2.75) is 78.4 Å². The second kappa shape index (κ2) is 8.69. The highest BCUT2D eigenvalue weighted by Gasteiger charge is 2.42. The Kier molecular flexibility index (Phi) is 7.58. The highest BCUT2D eigenvalue weighted by atomic mass is 16.5. The average molecular weight is 306 g/mol. The van der Waals surface area contributed by atoms with Crippen molar-refractivity contribution in [3.05, 3.63) is 35.9 Å². The molecule has 0 bridgehead atoms. The van der Waals surface area contributed by atoms with Crippen LogP contribution in [-0.4, -0.2) is 10.2 Å². The van der Waals surface area contributed by atoms with E-state index >= 15 is 0 Å². The van der Waals surface area contributed by atoms with Gasteiger partial charge in [-0.15, -0.1) is 0 Å². The molecule has 2 nitrogen and oxygen atoms in total. The summed E-state index contributed by atoms with van der Waals surface area (Å²) < 4.78 is 0. The van der Waals surface area contributed by atoms with Gasteiger partial charge in [0.2, 0.25) is 0 Å². The van der Waals surface area contributed by atoms with Crippen LogP contribution >= 0.6 is 0 Å². The maximum atomic E-state index is 10.8. The zero-order chi connectivity index (χ0) is 16.6. The van der Waals surface area contributed by atoms with Gasteiger partial charge < -0.3 is 10.2 Å². The highest BCUT2D eigenvalue weighted by Crippen LogP contribution is 2.42. The van der Waals surface area contributed by atoms with E-state index in [1.165, 1.54) is 32.1 Å². The number of hydrogen-bond donors (Lipinski definition) is 2. The highest BCUT2D eigenvalue weighted by molar-refractivity contribution is 5.21. The first kappa shape index (κ1) is 19.2. The summed E-state index contributed by atoms with van der Waals surface area (Å²) in [5.41, 5.74) is 0.448. The minimum absolute atomic E-state index is 0.150. The summed E-state index contributed by atoms with van der Waals surface area (Å²) in [6.07, 6.45) is 8.18. The Morgan fingerprint density at radius 2 is 1.41 bits per heavy atom. The Hall–Kier alpha value is -0.860. The van der Waals surface area contributed by atoms with E-state index in [1.807, 2.05) is 18.2 Å². The molecule has 0 aliphatic carbocycles. The topological polar surface area (TPSA) is 40.5 Å². The van der Waals surface area contributed by atoms with Crippen molar-refractivity contribution in [1.82, 2.24) is 0 Å². The lowest BCUT2D eigenvalue weighted by Crippen LogP contribution is -2.42. The number of unbranched alkanes of at least 4 members (excludes halogenated alkanes) is 5. The van der Waals surface area contributed by atoms with E-state index in [4.69, 9.17) is 0 Å². The first-order valence-corrected chi connectivity index (χ1v) is 8.80. The van der Waals surface area contributed by atoms with E-state index in [-0.39, 0.29) is 11.3 Å². The van der Waals surface area contributed by atoms with Crippen LogP contribution in [0.15, 0.2) is 30.3 Å². The summed E-state index contributed by atoms with van der Waals surface area (Å²) in [5, 5.41) is 21.6. The second-order valence-electron chi connectivity index (χ2n) is 7.57. The molecule has 2 N–H and O–H groups in total. The summed E-state index contributed by atoms with van der Waals surface area (Å²) in [6.45, 7) is 8.51. The van der Waals surface area contributed by atoms with Crippen LogP contribution in [0.4, 0.5) is 0 Å². The van der Waals surface area contributed by atoms with Crippen LogP contribution in [0.3, 0.4) is 0 Å². The minimum atomic E-state index is -1.76. The number of benzene rings is 1. The van der Waals surface area contributed by atoms with E-state index in [2.05, 4.69) is 27.7 Å². The number of rotatable bonds is 9. The fourth-order valence-electron chi connectivity index (χ4n) is 3.25. The molecule has 1 aromatic carbocycles. The molecule has 0 saturated carbocycles. The molecule has 1 unspecified atom stereocenters. The Bertz CT molecular complexity index is 403. The van der Waals surface area contributed by atoms with Crippen molar-refractivity contribution >= 4 is 0 Å². The molecule has 0 fully saturated rings. The molecule has 22 heavy (non-hydrogen) atoms. The van der Waals surface area contributed by atoms with Gasteiger partial charge in [-0.3, -0.25) is 0 Å². The van der Waals surface area contributed by atoms with Crippen LogP contribution in [0, 0.1) is 11.3 Å². The van der Waals surface area contributed by atoms with Gasteiger partial charge in [0.1, 0.15) is 0 Å². The van der Waals surface area contributed by atoms with Gasteiger partial charge in [0.15, 0.2) is 5.79 Å². The maximum Gasteiger partial charge on any atom is 0.193 e. The molecule has 0 amide bonds.